The normalized spacial score (nSPS) is 11.8. The highest BCUT2D eigenvalue weighted by molar-refractivity contribution is 6.02. The summed E-state index contributed by atoms with van der Waals surface area (Å²) in [6.07, 6.45) is 0.905. The number of aromatic nitrogens is 1. The molecule has 0 saturated heterocycles. The molecule has 26 heavy (non-hydrogen) atoms. The van der Waals surface area contributed by atoms with Crippen LogP contribution in [0.25, 0.3) is 10.9 Å². The Labute approximate surface area is 151 Å². The van der Waals surface area contributed by atoms with Crippen LogP contribution in [-0.4, -0.2) is 29.8 Å². The summed E-state index contributed by atoms with van der Waals surface area (Å²) < 4.78 is 5.30. The van der Waals surface area contributed by atoms with Crippen molar-refractivity contribution in [2.45, 2.75) is 13.0 Å². The second-order valence-corrected chi connectivity index (χ2v) is 5.98. The third kappa shape index (κ3) is 3.92. The van der Waals surface area contributed by atoms with Crippen LogP contribution in [0.15, 0.2) is 54.7 Å². The maximum Gasteiger partial charge on any atom is 0.319 e. The number of rotatable bonds is 5. The van der Waals surface area contributed by atoms with Crippen LogP contribution >= 0.6 is 0 Å². The van der Waals surface area contributed by atoms with Gasteiger partial charge in [-0.25, -0.2) is 4.79 Å². The van der Waals surface area contributed by atoms with Gasteiger partial charge in [0.15, 0.2) is 0 Å². The molecule has 0 saturated carbocycles. The smallest absolute Gasteiger partial charge is 0.319 e. The predicted molar refractivity (Wildman–Crippen MR) is 101 cm³/mol. The van der Waals surface area contributed by atoms with Crippen LogP contribution in [0.5, 0.6) is 5.75 Å². The zero-order valence-electron chi connectivity index (χ0n) is 14.7. The second kappa shape index (κ2) is 7.84. The molecule has 3 N–H and O–H groups in total. The zero-order chi connectivity index (χ0) is 18.5. The van der Waals surface area contributed by atoms with Crippen LogP contribution in [0.1, 0.15) is 17.2 Å². The highest BCUT2D eigenvalue weighted by Crippen LogP contribution is 2.29. The van der Waals surface area contributed by atoms with Crippen molar-refractivity contribution in [2.75, 3.05) is 19.0 Å². The number of nitrogens with zero attached hydrogens (tertiary/aromatic N) is 1. The van der Waals surface area contributed by atoms with E-state index in [0.717, 1.165) is 16.5 Å². The molecule has 2 amide bonds. The molecule has 1 heterocycles. The first-order chi connectivity index (χ1) is 12.6. The van der Waals surface area contributed by atoms with Gasteiger partial charge < -0.3 is 20.5 Å². The van der Waals surface area contributed by atoms with Crippen molar-refractivity contribution in [1.82, 2.24) is 10.3 Å². The number of nitrogens with one attached hydrogen (secondary N) is 2. The molecule has 1 aromatic heterocycles. The zero-order valence-corrected chi connectivity index (χ0v) is 14.7. The highest BCUT2D eigenvalue weighted by atomic mass is 16.5. The van der Waals surface area contributed by atoms with Crippen LogP contribution < -0.4 is 15.4 Å². The Balaban J connectivity index is 1.67. The van der Waals surface area contributed by atoms with Gasteiger partial charge in [-0.3, -0.25) is 4.98 Å². The minimum Gasteiger partial charge on any atom is -0.494 e. The van der Waals surface area contributed by atoms with Crippen molar-refractivity contribution in [3.8, 4) is 5.75 Å². The summed E-state index contributed by atoms with van der Waals surface area (Å²) in [6.45, 7) is 2.09. The van der Waals surface area contributed by atoms with Crippen LogP contribution in [0.2, 0.25) is 0 Å². The van der Waals surface area contributed by atoms with E-state index >= 15 is 0 Å². The summed E-state index contributed by atoms with van der Waals surface area (Å²) in [6, 6.07) is 14.3. The average molecular weight is 351 g/mol. The van der Waals surface area contributed by atoms with E-state index in [1.165, 1.54) is 0 Å². The van der Waals surface area contributed by atoms with Crippen LogP contribution in [0.3, 0.4) is 0 Å². The monoisotopic (exact) mass is 351 g/mol. The van der Waals surface area contributed by atoms with Crippen molar-refractivity contribution < 1.29 is 14.6 Å². The van der Waals surface area contributed by atoms with Gasteiger partial charge in [0.05, 0.1) is 18.9 Å². The maximum absolute atomic E-state index is 12.2. The number of carbonyl (C=O) groups is 1. The van der Waals surface area contributed by atoms with Gasteiger partial charge in [-0.2, -0.15) is 0 Å². The first-order valence-corrected chi connectivity index (χ1v) is 8.29. The van der Waals surface area contributed by atoms with Crippen molar-refractivity contribution in [2.24, 2.45) is 0 Å². The van der Waals surface area contributed by atoms with Crippen molar-refractivity contribution in [3.63, 3.8) is 0 Å². The molecule has 0 unspecified atom stereocenters. The molecule has 6 heteroatoms. The number of aliphatic hydroxyl groups excluding tert-OH is 1. The van der Waals surface area contributed by atoms with Crippen molar-refractivity contribution >= 4 is 22.6 Å². The number of anilines is 1. The van der Waals surface area contributed by atoms with Gasteiger partial charge >= 0.3 is 6.03 Å². The molecular weight excluding hydrogens is 330 g/mol. The Kier molecular flexibility index (Phi) is 5.34. The van der Waals surface area contributed by atoms with E-state index in [1.54, 1.807) is 31.5 Å². The van der Waals surface area contributed by atoms with E-state index in [-0.39, 0.29) is 6.54 Å². The quantitative estimate of drug-likeness (QED) is 0.658. The Bertz CT molecular complexity index is 910. The number of fused-ring (bicyclic) bond motifs is 1. The topological polar surface area (TPSA) is 83.5 Å². The molecule has 0 radical (unpaired) electrons. The number of aryl methyl sites for hydroxylation is 1. The van der Waals surface area contributed by atoms with Gasteiger partial charge in [0, 0.05) is 18.1 Å². The van der Waals surface area contributed by atoms with Gasteiger partial charge in [0.2, 0.25) is 0 Å². The second-order valence-electron chi connectivity index (χ2n) is 5.98. The number of ether oxygens (including phenoxy) is 1. The fourth-order valence-corrected chi connectivity index (χ4v) is 2.68. The molecule has 134 valence electrons. The minimum atomic E-state index is -0.768. The number of urea groups is 1. The largest absolute Gasteiger partial charge is 0.494 e. The highest BCUT2D eigenvalue weighted by Gasteiger charge is 2.12. The van der Waals surface area contributed by atoms with Crippen molar-refractivity contribution in [1.29, 1.82) is 0 Å². The number of hydrogen-bond donors (Lipinski definition) is 3. The van der Waals surface area contributed by atoms with E-state index in [1.807, 2.05) is 37.3 Å². The fourth-order valence-electron chi connectivity index (χ4n) is 2.68. The molecule has 0 fully saturated rings. The van der Waals surface area contributed by atoms with Crippen molar-refractivity contribution in [3.05, 3.63) is 65.9 Å². The Morgan fingerprint density at radius 1 is 1.19 bits per heavy atom. The predicted octanol–water partition coefficient (Wildman–Crippen LogP) is 3.41. The van der Waals surface area contributed by atoms with Gasteiger partial charge in [-0.15, -0.1) is 0 Å². The molecular formula is C20H21N3O3. The number of amides is 2. The summed E-state index contributed by atoms with van der Waals surface area (Å²) >= 11 is 0. The van der Waals surface area contributed by atoms with E-state index in [9.17, 15) is 9.90 Å². The maximum atomic E-state index is 12.2. The number of pyridine rings is 1. The number of methoxy groups -OCH3 is 1. The number of carbonyl (C=O) groups excluding carboxylic acids is 1. The van der Waals surface area contributed by atoms with E-state index in [2.05, 4.69) is 15.6 Å². The summed E-state index contributed by atoms with van der Waals surface area (Å²) in [5.41, 5.74) is 3.17. The Hall–Kier alpha value is -3.12. The molecule has 3 aromatic rings. The van der Waals surface area contributed by atoms with Gasteiger partial charge in [0.25, 0.3) is 0 Å². The van der Waals surface area contributed by atoms with Gasteiger partial charge in [0.1, 0.15) is 11.3 Å². The standard InChI is InChI=1S/C20H21N3O3/c1-13-5-7-14(8-6-13)17(24)12-22-20(25)23-16-9-10-18(26-2)19-15(16)4-3-11-21-19/h3-11,17,24H,12H2,1-2H3,(H2,22,23,25)/t17-/m0/s1. The lowest BCUT2D eigenvalue weighted by atomic mass is 10.1. The van der Waals surface area contributed by atoms with E-state index in [4.69, 9.17) is 4.74 Å². The van der Waals surface area contributed by atoms with Crippen LogP contribution in [-0.2, 0) is 0 Å². The van der Waals surface area contributed by atoms with E-state index in [0.29, 0.717) is 17.0 Å². The molecule has 3 rings (SSSR count). The Morgan fingerprint density at radius 3 is 2.69 bits per heavy atom. The first-order valence-electron chi connectivity index (χ1n) is 8.29. The SMILES string of the molecule is COc1ccc(NC(=O)NC[C@H](O)c2ccc(C)cc2)c2cccnc12. The summed E-state index contributed by atoms with van der Waals surface area (Å²) in [5.74, 6) is 0.640. The third-order valence-corrected chi connectivity index (χ3v) is 4.12. The Morgan fingerprint density at radius 2 is 1.96 bits per heavy atom. The van der Waals surface area contributed by atoms with Crippen LogP contribution in [0.4, 0.5) is 10.5 Å². The molecule has 0 spiro atoms. The molecule has 6 nitrogen and oxygen atoms in total. The number of benzene rings is 2. The summed E-state index contributed by atoms with van der Waals surface area (Å²) in [7, 11) is 1.58. The molecule has 1 atom stereocenters. The molecule has 0 aliphatic carbocycles. The molecule has 0 aliphatic heterocycles. The summed E-state index contributed by atoms with van der Waals surface area (Å²) in [4.78, 5) is 16.5. The average Bonchev–Trinajstić information content (AvgIpc) is 2.67. The van der Waals surface area contributed by atoms with E-state index < -0.39 is 12.1 Å². The summed E-state index contributed by atoms with van der Waals surface area (Å²) in [5, 5.41) is 16.5. The number of hydrogen-bond acceptors (Lipinski definition) is 4. The lowest BCUT2D eigenvalue weighted by molar-refractivity contribution is 0.175. The lowest BCUT2D eigenvalue weighted by Crippen LogP contribution is -2.32. The van der Waals surface area contributed by atoms with Crippen LogP contribution in [0, 0.1) is 6.92 Å². The molecule has 0 aliphatic rings. The number of aliphatic hydroxyl groups is 1. The molecule has 0 bridgehead atoms. The lowest BCUT2D eigenvalue weighted by Gasteiger charge is -2.14. The molecule has 2 aromatic carbocycles. The minimum absolute atomic E-state index is 0.112. The fraction of sp³-hybridized carbons (Fsp3) is 0.200. The third-order valence-electron chi connectivity index (χ3n) is 4.12. The van der Waals surface area contributed by atoms with Gasteiger partial charge in [-0.1, -0.05) is 29.8 Å². The first kappa shape index (κ1) is 17.7. The van der Waals surface area contributed by atoms with Gasteiger partial charge in [-0.05, 0) is 36.8 Å².